The van der Waals surface area contributed by atoms with Gasteiger partial charge in [0, 0.05) is 12.6 Å². The second-order valence-electron chi connectivity index (χ2n) is 1.77. The van der Waals surface area contributed by atoms with Gasteiger partial charge in [-0.15, -0.1) is 0 Å². The molecule has 0 aromatic rings. The van der Waals surface area contributed by atoms with Gasteiger partial charge in [0.15, 0.2) is 0 Å². The van der Waals surface area contributed by atoms with Crippen molar-refractivity contribution < 1.29 is 18.1 Å². The fourth-order valence-electron chi connectivity index (χ4n) is 0.395. The molecule has 0 heterocycles. The molecule has 0 aromatic carbocycles. The molecule has 5 nitrogen and oxygen atoms in total. The maximum absolute atomic E-state index is 9.88. The van der Waals surface area contributed by atoms with Crippen LogP contribution in [0.15, 0.2) is 0 Å². The van der Waals surface area contributed by atoms with E-state index in [1.807, 2.05) is 0 Å². The Labute approximate surface area is 61.7 Å². The van der Waals surface area contributed by atoms with Crippen LogP contribution in [0.3, 0.4) is 0 Å². The largest absolute Gasteiger partial charge is 0.396 e. The van der Waals surface area contributed by atoms with Crippen LogP contribution in [0.25, 0.3) is 0 Å². The molecule has 0 spiro atoms. The minimum atomic E-state index is -2.25. The lowest BCUT2D eigenvalue weighted by molar-refractivity contribution is 0.233. The van der Waals surface area contributed by atoms with Crippen LogP contribution in [0.1, 0.15) is 6.42 Å². The summed E-state index contributed by atoms with van der Waals surface area (Å²) in [5.41, 5.74) is 5.30. The fourth-order valence-corrected chi connectivity index (χ4v) is 0.686. The van der Waals surface area contributed by atoms with E-state index < -0.39 is 11.4 Å². The monoisotopic (exact) mass is 169 g/mol. The summed E-state index contributed by atoms with van der Waals surface area (Å²) in [6.07, 6.45) is 0.372. The Balaban J connectivity index is 3.21. The lowest BCUT2D eigenvalue weighted by Crippen LogP contribution is -2.27. The molecule has 6 heteroatoms. The van der Waals surface area contributed by atoms with Gasteiger partial charge in [0.2, 0.25) is 0 Å². The highest BCUT2D eigenvalue weighted by Crippen LogP contribution is 1.88. The highest BCUT2D eigenvalue weighted by atomic mass is 32.2. The molecule has 10 heavy (non-hydrogen) atoms. The summed E-state index contributed by atoms with van der Waals surface area (Å²) in [5, 5.41) is 8.33. The van der Waals surface area contributed by atoms with E-state index >= 15 is 0 Å². The molecule has 0 saturated heterocycles. The van der Waals surface area contributed by atoms with Gasteiger partial charge in [-0.25, -0.2) is 0 Å². The Morgan fingerprint density at radius 3 is 2.70 bits per heavy atom. The number of rotatable bonds is 5. The molecule has 0 aliphatic carbocycles. The van der Waals surface area contributed by atoms with Gasteiger partial charge in [-0.2, -0.15) is 4.21 Å². The topological polar surface area (TPSA) is 92.8 Å². The molecule has 0 bridgehead atoms. The summed E-state index contributed by atoms with van der Waals surface area (Å²) >= 11 is -2.25. The summed E-state index contributed by atoms with van der Waals surface area (Å²) in [7, 11) is 0. The van der Waals surface area contributed by atoms with E-state index in [2.05, 4.69) is 4.18 Å². The van der Waals surface area contributed by atoms with E-state index in [1.54, 1.807) is 0 Å². The van der Waals surface area contributed by atoms with Crippen molar-refractivity contribution in [1.29, 1.82) is 0 Å². The van der Waals surface area contributed by atoms with Gasteiger partial charge in [0.05, 0.1) is 6.61 Å². The van der Waals surface area contributed by atoms with Crippen molar-refractivity contribution in [2.24, 2.45) is 5.73 Å². The molecular weight excluding hydrogens is 158 g/mol. The first-order chi connectivity index (χ1) is 4.66. The van der Waals surface area contributed by atoms with Crippen molar-refractivity contribution in [3.05, 3.63) is 0 Å². The Morgan fingerprint density at radius 2 is 2.30 bits per heavy atom. The predicted octanol–water partition coefficient (Wildman–Crippen LogP) is -1.15. The molecular formula is C4H11NO4S. The van der Waals surface area contributed by atoms with Crippen LogP contribution in [0, 0.1) is 0 Å². The molecule has 0 saturated carbocycles. The second-order valence-corrected chi connectivity index (χ2v) is 2.44. The van der Waals surface area contributed by atoms with E-state index in [4.69, 9.17) is 15.4 Å². The minimum Gasteiger partial charge on any atom is -0.396 e. The van der Waals surface area contributed by atoms with Crippen LogP contribution in [-0.2, 0) is 15.5 Å². The lowest BCUT2D eigenvalue weighted by atomic mass is 10.2. The molecule has 0 rings (SSSR count). The van der Waals surface area contributed by atoms with Crippen LogP contribution in [-0.4, -0.2) is 33.1 Å². The standard InChI is InChI=1S/C4H11NO4S/c5-4(1-2-6)3-9-10(7)8/h4,6H,1-3,5H2,(H,7,8). The zero-order chi connectivity index (χ0) is 7.98. The Hall–Kier alpha value is -0.0100. The number of nitrogens with two attached hydrogens (primary N) is 1. The number of hydrogen-bond donors (Lipinski definition) is 3. The zero-order valence-electron chi connectivity index (χ0n) is 5.40. The number of aliphatic hydroxyl groups is 1. The van der Waals surface area contributed by atoms with E-state index in [-0.39, 0.29) is 19.3 Å². The highest BCUT2D eigenvalue weighted by Gasteiger charge is 2.02. The summed E-state index contributed by atoms with van der Waals surface area (Å²) < 4.78 is 22.2. The van der Waals surface area contributed by atoms with E-state index in [0.29, 0.717) is 6.42 Å². The van der Waals surface area contributed by atoms with Gasteiger partial charge in [-0.1, -0.05) is 0 Å². The maximum atomic E-state index is 9.88. The number of hydrogen-bond acceptors (Lipinski definition) is 4. The van der Waals surface area contributed by atoms with Crippen molar-refractivity contribution in [3.63, 3.8) is 0 Å². The average Bonchev–Trinajstić information content (AvgIpc) is 1.85. The third-order valence-electron chi connectivity index (χ3n) is 0.883. The van der Waals surface area contributed by atoms with Crippen molar-refractivity contribution in [1.82, 2.24) is 0 Å². The van der Waals surface area contributed by atoms with E-state index in [0.717, 1.165) is 0 Å². The van der Waals surface area contributed by atoms with Gasteiger partial charge < -0.3 is 10.8 Å². The Morgan fingerprint density at radius 1 is 1.70 bits per heavy atom. The first-order valence-electron chi connectivity index (χ1n) is 2.77. The van der Waals surface area contributed by atoms with E-state index in [1.165, 1.54) is 0 Å². The quantitative estimate of drug-likeness (QED) is 0.452. The zero-order valence-corrected chi connectivity index (χ0v) is 6.21. The van der Waals surface area contributed by atoms with Crippen molar-refractivity contribution >= 4 is 11.4 Å². The van der Waals surface area contributed by atoms with Gasteiger partial charge in [-0.05, 0) is 6.42 Å². The third kappa shape index (κ3) is 6.12. The highest BCUT2D eigenvalue weighted by molar-refractivity contribution is 7.74. The smallest absolute Gasteiger partial charge is 0.301 e. The Bertz CT molecular complexity index is 109. The van der Waals surface area contributed by atoms with Crippen molar-refractivity contribution in [2.75, 3.05) is 13.2 Å². The molecule has 0 aliphatic heterocycles. The summed E-state index contributed by atoms with van der Waals surface area (Å²) in [5.74, 6) is 0. The SMILES string of the molecule is NC(CCO)COS(=O)O. The maximum Gasteiger partial charge on any atom is 0.301 e. The molecule has 0 fully saturated rings. The Kier molecular flexibility index (Phi) is 5.74. The summed E-state index contributed by atoms with van der Waals surface area (Å²) in [6, 6.07) is -0.374. The van der Waals surface area contributed by atoms with Crippen LogP contribution >= 0.6 is 0 Å². The molecule has 0 aromatic heterocycles. The predicted molar refractivity (Wildman–Crippen MR) is 36.4 cm³/mol. The number of aliphatic hydroxyl groups excluding tert-OH is 1. The van der Waals surface area contributed by atoms with Gasteiger partial charge >= 0.3 is 11.4 Å². The molecule has 62 valence electrons. The lowest BCUT2D eigenvalue weighted by Gasteiger charge is -2.06. The molecule has 0 aliphatic rings. The van der Waals surface area contributed by atoms with Gasteiger partial charge in [-0.3, -0.25) is 8.74 Å². The van der Waals surface area contributed by atoms with Crippen molar-refractivity contribution in [3.8, 4) is 0 Å². The normalized spacial score (nSPS) is 16.7. The van der Waals surface area contributed by atoms with Crippen LogP contribution in [0.2, 0.25) is 0 Å². The molecule has 0 radical (unpaired) electrons. The van der Waals surface area contributed by atoms with Crippen LogP contribution in [0.5, 0.6) is 0 Å². The van der Waals surface area contributed by atoms with Crippen molar-refractivity contribution in [2.45, 2.75) is 12.5 Å². The molecule has 4 N–H and O–H groups in total. The van der Waals surface area contributed by atoms with Crippen LogP contribution in [0.4, 0.5) is 0 Å². The fraction of sp³-hybridized carbons (Fsp3) is 1.00. The second kappa shape index (κ2) is 5.75. The van der Waals surface area contributed by atoms with E-state index in [9.17, 15) is 4.21 Å². The third-order valence-corrected chi connectivity index (χ3v) is 1.22. The molecule has 0 amide bonds. The molecule has 2 unspecified atom stereocenters. The first kappa shape index (κ1) is 9.99. The first-order valence-corrected chi connectivity index (χ1v) is 3.80. The van der Waals surface area contributed by atoms with Crippen LogP contribution < -0.4 is 5.73 Å². The summed E-state index contributed by atoms with van der Waals surface area (Å²) in [6.45, 7) is -0.0493. The summed E-state index contributed by atoms with van der Waals surface area (Å²) in [4.78, 5) is 0. The molecule has 2 atom stereocenters. The minimum absolute atomic E-state index is 0.0102. The van der Waals surface area contributed by atoms with Gasteiger partial charge in [0.1, 0.15) is 0 Å². The van der Waals surface area contributed by atoms with Gasteiger partial charge in [0.25, 0.3) is 0 Å². The average molecular weight is 169 g/mol.